The first-order valence-corrected chi connectivity index (χ1v) is 6.15. The second-order valence-corrected chi connectivity index (χ2v) is 4.04. The van der Waals surface area contributed by atoms with E-state index in [1.807, 2.05) is 0 Å². The van der Waals surface area contributed by atoms with Crippen molar-refractivity contribution in [1.29, 1.82) is 0 Å². The van der Waals surface area contributed by atoms with Crippen LogP contribution in [0.3, 0.4) is 0 Å². The summed E-state index contributed by atoms with van der Waals surface area (Å²) in [6.45, 7) is 2.87. The number of methoxy groups -OCH3 is 1. The SMILES string of the molecule is CCCNc1nccc(-c2ccc(OC)c(F)c2)n1. The highest BCUT2D eigenvalue weighted by Gasteiger charge is 2.07. The summed E-state index contributed by atoms with van der Waals surface area (Å²) in [7, 11) is 1.44. The van der Waals surface area contributed by atoms with Crippen LogP contribution in [0.5, 0.6) is 5.75 Å². The second kappa shape index (κ2) is 6.13. The molecule has 0 fully saturated rings. The van der Waals surface area contributed by atoms with Gasteiger partial charge in [0.2, 0.25) is 5.95 Å². The molecule has 0 unspecified atom stereocenters. The lowest BCUT2D eigenvalue weighted by Gasteiger charge is -2.07. The Morgan fingerprint density at radius 1 is 1.32 bits per heavy atom. The second-order valence-electron chi connectivity index (χ2n) is 4.04. The van der Waals surface area contributed by atoms with E-state index in [9.17, 15) is 4.39 Å². The fourth-order valence-electron chi connectivity index (χ4n) is 1.67. The van der Waals surface area contributed by atoms with Crippen molar-refractivity contribution in [2.45, 2.75) is 13.3 Å². The molecule has 100 valence electrons. The molecule has 1 aromatic heterocycles. The molecule has 5 heteroatoms. The Labute approximate surface area is 111 Å². The first-order valence-electron chi connectivity index (χ1n) is 6.15. The number of rotatable bonds is 5. The van der Waals surface area contributed by atoms with Gasteiger partial charge in [0.05, 0.1) is 12.8 Å². The molecule has 2 aromatic rings. The summed E-state index contributed by atoms with van der Waals surface area (Å²) < 4.78 is 18.5. The van der Waals surface area contributed by atoms with E-state index in [2.05, 4.69) is 22.2 Å². The van der Waals surface area contributed by atoms with Gasteiger partial charge >= 0.3 is 0 Å². The Kier molecular flexibility index (Phi) is 4.28. The Bertz CT molecular complexity index is 560. The minimum absolute atomic E-state index is 0.224. The van der Waals surface area contributed by atoms with E-state index in [1.165, 1.54) is 13.2 Å². The summed E-state index contributed by atoms with van der Waals surface area (Å²) in [4.78, 5) is 8.47. The van der Waals surface area contributed by atoms with Crippen molar-refractivity contribution in [3.05, 3.63) is 36.3 Å². The van der Waals surface area contributed by atoms with E-state index < -0.39 is 5.82 Å². The van der Waals surface area contributed by atoms with Gasteiger partial charge in [0, 0.05) is 18.3 Å². The van der Waals surface area contributed by atoms with Crippen LogP contribution in [0.25, 0.3) is 11.3 Å². The molecule has 1 N–H and O–H groups in total. The molecule has 0 radical (unpaired) electrons. The molecule has 0 aliphatic rings. The highest BCUT2D eigenvalue weighted by atomic mass is 19.1. The topological polar surface area (TPSA) is 47.0 Å². The van der Waals surface area contributed by atoms with Crippen molar-refractivity contribution < 1.29 is 9.13 Å². The Hall–Kier alpha value is -2.17. The number of halogens is 1. The van der Waals surface area contributed by atoms with Crippen molar-refractivity contribution in [3.8, 4) is 17.0 Å². The smallest absolute Gasteiger partial charge is 0.223 e. The predicted octanol–water partition coefficient (Wildman–Crippen LogP) is 3.11. The zero-order valence-corrected chi connectivity index (χ0v) is 11.0. The maximum absolute atomic E-state index is 13.7. The number of hydrogen-bond acceptors (Lipinski definition) is 4. The van der Waals surface area contributed by atoms with Gasteiger partial charge in [0.25, 0.3) is 0 Å². The summed E-state index contributed by atoms with van der Waals surface area (Å²) in [5, 5.41) is 3.10. The Balaban J connectivity index is 2.28. The number of ether oxygens (including phenoxy) is 1. The largest absolute Gasteiger partial charge is 0.494 e. The van der Waals surface area contributed by atoms with Gasteiger partial charge in [-0.15, -0.1) is 0 Å². The van der Waals surface area contributed by atoms with Crippen molar-refractivity contribution in [2.24, 2.45) is 0 Å². The number of nitrogens with one attached hydrogen (secondary N) is 1. The molecule has 1 heterocycles. The first kappa shape index (κ1) is 13.3. The van der Waals surface area contributed by atoms with Gasteiger partial charge in [-0.2, -0.15) is 0 Å². The molecule has 0 saturated carbocycles. The lowest BCUT2D eigenvalue weighted by Crippen LogP contribution is -2.04. The number of aromatic nitrogens is 2. The number of anilines is 1. The van der Waals surface area contributed by atoms with Gasteiger partial charge in [0.1, 0.15) is 0 Å². The average Bonchev–Trinajstić information content (AvgIpc) is 2.45. The highest BCUT2D eigenvalue weighted by molar-refractivity contribution is 5.61. The van der Waals surface area contributed by atoms with Crippen molar-refractivity contribution in [3.63, 3.8) is 0 Å². The van der Waals surface area contributed by atoms with Crippen LogP contribution in [0.1, 0.15) is 13.3 Å². The third-order valence-corrected chi connectivity index (χ3v) is 2.64. The highest BCUT2D eigenvalue weighted by Crippen LogP contribution is 2.24. The van der Waals surface area contributed by atoms with Crippen LogP contribution in [0.15, 0.2) is 30.5 Å². The molecular formula is C14H16FN3O. The van der Waals surface area contributed by atoms with Gasteiger partial charge in [-0.3, -0.25) is 0 Å². The number of hydrogen-bond donors (Lipinski definition) is 1. The van der Waals surface area contributed by atoms with Gasteiger partial charge in [-0.1, -0.05) is 6.92 Å². The van der Waals surface area contributed by atoms with Gasteiger partial charge in [-0.05, 0) is 30.7 Å². The van der Waals surface area contributed by atoms with Crippen LogP contribution >= 0.6 is 0 Å². The first-order chi connectivity index (χ1) is 9.24. The molecule has 1 aromatic carbocycles. The third kappa shape index (κ3) is 3.19. The fraction of sp³-hybridized carbons (Fsp3) is 0.286. The summed E-state index contributed by atoms with van der Waals surface area (Å²) in [6.07, 6.45) is 2.65. The minimum Gasteiger partial charge on any atom is -0.494 e. The third-order valence-electron chi connectivity index (χ3n) is 2.64. The molecule has 0 aliphatic heterocycles. The molecule has 0 saturated heterocycles. The van der Waals surface area contributed by atoms with Crippen LogP contribution in [0, 0.1) is 5.82 Å². The van der Waals surface area contributed by atoms with Crippen LogP contribution in [0.2, 0.25) is 0 Å². The lowest BCUT2D eigenvalue weighted by atomic mass is 10.1. The zero-order valence-electron chi connectivity index (χ0n) is 11.0. The standard InChI is InChI=1S/C14H16FN3O/c1-3-7-16-14-17-8-6-12(18-14)10-4-5-13(19-2)11(15)9-10/h4-6,8-9H,3,7H2,1-2H3,(H,16,17,18). The van der Waals surface area contributed by atoms with Crippen LogP contribution in [-0.4, -0.2) is 23.6 Å². The van der Waals surface area contributed by atoms with E-state index in [-0.39, 0.29) is 5.75 Å². The van der Waals surface area contributed by atoms with E-state index in [0.29, 0.717) is 17.2 Å². The predicted molar refractivity (Wildman–Crippen MR) is 72.8 cm³/mol. The zero-order chi connectivity index (χ0) is 13.7. The maximum atomic E-state index is 13.7. The quantitative estimate of drug-likeness (QED) is 0.898. The van der Waals surface area contributed by atoms with Crippen LogP contribution < -0.4 is 10.1 Å². The van der Waals surface area contributed by atoms with Crippen molar-refractivity contribution >= 4 is 5.95 Å². The number of nitrogens with zero attached hydrogens (tertiary/aromatic N) is 2. The molecule has 0 bridgehead atoms. The van der Waals surface area contributed by atoms with Gasteiger partial charge in [0.15, 0.2) is 11.6 Å². The molecule has 0 spiro atoms. The van der Waals surface area contributed by atoms with E-state index in [1.54, 1.807) is 24.4 Å². The van der Waals surface area contributed by atoms with Gasteiger partial charge < -0.3 is 10.1 Å². The normalized spacial score (nSPS) is 10.3. The molecule has 0 aliphatic carbocycles. The van der Waals surface area contributed by atoms with Crippen molar-refractivity contribution in [1.82, 2.24) is 9.97 Å². The monoisotopic (exact) mass is 261 g/mol. The van der Waals surface area contributed by atoms with Gasteiger partial charge in [-0.25, -0.2) is 14.4 Å². The Morgan fingerprint density at radius 3 is 2.84 bits per heavy atom. The molecule has 19 heavy (non-hydrogen) atoms. The van der Waals surface area contributed by atoms with E-state index in [4.69, 9.17) is 4.74 Å². The van der Waals surface area contributed by atoms with E-state index in [0.717, 1.165) is 13.0 Å². The summed E-state index contributed by atoms with van der Waals surface area (Å²) in [6, 6.07) is 6.52. The van der Waals surface area contributed by atoms with Crippen LogP contribution in [-0.2, 0) is 0 Å². The maximum Gasteiger partial charge on any atom is 0.223 e. The lowest BCUT2D eigenvalue weighted by molar-refractivity contribution is 0.386. The molecule has 0 atom stereocenters. The molecule has 0 amide bonds. The minimum atomic E-state index is -0.401. The average molecular weight is 261 g/mol. The molecule has 4 nitrogen and oxygen atoms in total. The summed E-state index contributed by atoms with van der Waals surface area (Å²) in [5.41, 5.74) is 1.37. The van der Waals surface area contributed by atoms with E-state index >= 15 is 0 Å². The molecule has 2 rings (SSSR count). The fourth-order valence-corrected chi connectivity index (χ4v) is 1.67. The van der Waals surface area contributed by atoms with Crippen LogP contribution in [0.4, 0.5) is 10.3 Å². The summed E-state index contributed by atoms with van der Waals surface area (Å²) >= 11 is 0. The molecular weight excluding hydrogens is 245 g/mol. The summed E-state index contributed by atoms with van der Waals surface area (Å²) in [5.74, 6) is 0.374. The number of benzene rings is 1. The van der Waals surface area contributed by atoms with Crippen molar-refractivity contribution in [2.75, 3.05) is 19.0 Å². The Morgan fingerprint density at radius 2 is 2.16 bits per heavy atom.